The lowest BCUT2D eigenvalue weighted by Crippen LogP contribution is -2.43. The minimum Gasteiger partial charge on any atom is -0.454 e. The Balaban J connectivity index is 1.63. The number of fused-ring (bicyclic) bond motifs is 1. The molecule has 0 aromatic heterocycles. The van der Waals surface area contributed by atoms with E-state index < -0.39 is 0 Å². The number of rotatable bonds is 8. The predicted molar refractivity (Wildman–Crippen MR) is 137 cm³/mol. The van der Waals surface area contributed by atoms with Crippen molar-refractivity contribution in [3.05, 3.63) is 58.6 Å². The number of hydrazone groups is 1. The molecule has 0 bridgehead atoms. The first-order valence-electron chi connectivity index (χ1n) is 12.0. The summed E-state index contributed by atoms with van der Waals surface area (Å²) >= 11 is 6.46. The molecule has 2 aromatic carbocycles. The summed E-state index contributed by atoms with van der Waals surface area (Å²) < 4.78 is 16.2. The van der Waals surface area contributed by atoms with Gasteiger partial charge in [-0.3, -0.25) is 9.59 Å². The van der Waals surface area contributed by atoms with Crippen LogP contribution in [0.25, 0.3) is 0 Å². The second-order valence-electron chi connectivity index (χ2n) is 10.1. The van der Waals surface area contributed by atoms with Crippen LogP contribution in [0.5, 0.6) is 11.5 Å². The van der Waals surface area contributed by atoms with Crippen LogP contribution in [0.15, 0.2) is 47.6 Å². The fourth-order valence-corrected chi connectivity index (χ4v) is 4.52. The number of nitrogens with zero attached hydrogens (tertiary/aromatic N) is 3. The van der Waals surface area contributed by atoms with Gasteiger partial charge in [0, 0.05) is 37.1 Å². The molecule has 2 amide bonds. The maximum Gasteiger partial charge on any atom is 0.262 e. The minimum atomic E-state index is -0.375. The summed E-state index contributed by atoms with van der Waals surface area (Å²) in [6, 6.07) is 12.7. The van der Waals surface area contributed by atoms with E-state index in [2.05, 4.69) is 0 Å². The lowest BCUT2D eigenvalue weighted by Gasteiger charge is -2.29. The number of hydrogen-bond acceptors (Lipinski definition) is 6. The molecular weight excluding hydrogens is 482 g/mol. The molecular formula is C27H32ClN3O5. The van der Waals surface area contributed by atoms with Crippen LogP contribution < -0.4 is 9.47 Å². The number of benzene rings is 2. The Hall–Kier alpha value is -3.10. The molecule has 4 rings (SSSR count). The van der Waals surface area contributed by atoms with E-state index in [0.717, 1.165) is 11.1 Å². The molecule has 0 unspecified atom stereocenters. The highest BCUT2D eigenvalue weighted by molar-refractivity contribution is 6.34. The molecule has 8 nitrogen and oxygen atoms in total. The lowest BCUT2D eigenvalue weighted by atomic mass is 9.91. The molecule has 0 fully saturated rings. The molecule has 0 N–H and O–H groups in total. The zero-order chi connectivity index (χ0) is 25.9. The summed E-state index contributed by atoms with van der Waals surface area (Å²) in [5.41, 5.74) is 2.15. The van der Waals surface area contributed by atoms with Crippen molar-refractivity contribution in [2.24, 2.45) is 10.5 Å². The fraction of sp³-hybridized carbons (Fsp3) is 0.444. The number of ether oxygens (including phenoxy) is 3. The van der Waals surface area contributed by atoms with Gasteiger partial charge in [0.15, 0.2) is 11.5 Å². The molecule has 0 aliphatic carbocycles. The predicted octanol–water partition coefficient (Wildman–Crippen LogP) is 4.66. The molecule has 2 aromatic rings. The average molecular weight is 514 g/mol. The SMILES string of the molecule is COCCN(CC(=O)N1N=C(c2ccccc2Cl)C[C@@H]1c1ccc2c(c1)OCO2)C(=O)CC(C)(C)C. The molecule has 2 heterocycles. The number of hydrogen-bond donors (Lipinski definition) is 0. The van der Waals surface area contributed by atoms with Crippen molar-refractivity contribution in [1.29, 1.82) is 0 Å². The largest absolute Gasteiger partial charge is 0.454 e. The van der Waals surface area contributed by atoms with Crippen LogP contribution in [0.3, 0.4) is 0 Å². The highest BCUT2D eigenvalue weighted by Crippen LogP contribution is 2.40. The molecule has 0 spiro atoms. The van der Waals surface area contributed by atoms with Crippen LogP contribution in [0, 0.1) is 5.41 Å². The van der Waals surface area contributed by atoms with Gasteiger partial charge < -0.3 is 19.1 Å². The van der Waals surface area contributed by atoms with Gasteiger partial charge in [0.1, 0.15) is 6.54 Å². The Kier molecular flexibility index (Phi) is 7.85. The topological polar surface area (TPSA) is 80.7 Å². The van der Waals surface area contributed by atoms with E-state index in [1.807, 2.05) is 57.2 Å². The van der Waals surface area contributed by atoms with Gasteiger partial charge in [-0.05, 0) is 29.2 Å². The normalized spacial score (nSPS) is 16.8. The molecule has 2 aliphatic heterocycles. The average Bonchev–Trinajstić information content (AvgIpc) is 3.47. The van der Waals surface area contributed by atoms with Gasteiger partial charge in [0.05, 0.1) is 18.4 Å². The summed E-state index contributed by atoms with van der Waals surface area (Å²) in [6.07, 6.45) is 0.798. The number of carbonyl (C=O) groups is 2. The highest BCUT2D eigenvalue weighted by Gasteiger charge is 2.36. The standard InChI is InChI=1S/C27H32ClN3O5/c1-27(2,3)15-25(32)30(11-12-34-4)16-26(33)31-22(18-9-10-23-24(13-18)36-17-35-23)14-21(29-31)19-7-5-6-8-20(19)28/h5-10,13,22H,11-12,14-17H2,1-4H3/t22-/m1/s1. The summed E-state index contributed by atoms with van der Waals surface area (Å²) in [7, 11) is 1.57. The van der Waals surface area contributed by atoms with Crippen LogP contribution in [-0.4, -0.2) is 61.0 Å². The monoisotopic (exact) mass is 513 g/mol. The zero-order valence-electron chi connectivity index (χ0n) is 21.1. The van der Waals surface area contributed by atoms with Crippen LogP contribution in [-0.2, 0) is 14.3 Å². The van der Waals surface area contributed by atoms with Crippen LogP contribution in [0.1, 0.15) is 50.8 Å². The molecule has 1 atom stereocenters. The Labute approximate surface area is 216 Å². The van der Waals surface area contributed by atoms with E-state index in [9.17, 15) is 9.59 Å². The molecule has 0 saturated heterocycles. The number of carbonyl (C=O) groups excluding carboxylic acids is 2. The summed E-state index contributed by atoms with van der Waals surface area (Å²) in [4.78, 5) is 28.3. The fourth-order valence-electron chi connectivity index (χ4n) is 4.27. The van der Waals surface area contributed by atoms with E-state index in [-0.39, 0.29) is 36.6 Å². The van der Waals surface area contributed by atoms with Crippen molar-refractivity contribution >= 4 is 29.1 Å². The Bertz CT molecular complexity index is 1160. The first kappa shape index (κ1) is 26.0. The van der Waals surface area contributed by atoms with Gasteiger partial charge in [-0.2, -0.15) is 5.10 Å². The van der Waals surface area contributed by atoms with Crippen LogP contribution in [0.4, 0.5) is 0 Å². The Morgan fingerprint density at radius 3 is 2.64 bits per heavy atom. The lowest BCUT2D eigenvalue weighted by molar-refractivity contribution is -0.143. The molecule has 36 heavy (non-hydrogen) atoms. The molecule has 2 aliphatic rings. The van der Waals surface area contributed by atoms with Crippen LogP contribution in [0.2, 0.25) is 5.02 Å². The highest BCUT2D eigenvalue weighted by atomic mass is 35.5. The quantitative estimate of drug-likeness (QED) is 0.513. The summed E-state index contributed by atoms with van der Waals surface area (Å²) in [5.74, 6) is 0.925. The Morgan fingerprint density at radius 1 is 1.17 bits per heavy atom. The van der Waals surface area contributed by atoms with Gasteiger partial charge in [-0.15, -0.1) is 0 Å². The number of halogens is 1. The van der Waals surface area contributed by atoms with E-state index >= 15 is 0 Å². The van der Waals surface area contributed by atoms with Gasteiger partial charge in [0.25, 0.3) is 5.91 Å². The third kappa shape index (κ3) is 5.99. The van der Waals surface area contributed by atoms with Gasteiger partial charge in [-0.1, -0.05) is 56.6 Å². The van der Waals surface area contributed by atoms with Crippen molar-refractivity contribution in [3.63, 3.8) is 0 Å². The van der Waals surface area contributed by atoms with E-state index in [1.54, 1.807) is 18.1 Å². The molecule has 0 saturated carbocycles. The van der Waals surface area contributed by atoms with Crippen LogP contribution >= 0.6 is 11.6 Å². The minimum absolute atomic E-state index is 0.0953. The van der Waals surface area contributed by atoms with Crippen molar-refractivity contribution in [2.45, 2.75) is 39.7 Å². The Morgan fingerprint density at radius 2 is 1.92 bits per heavy atom. The molecule has 9 heteroatoms. The van der Waals surface area contributed by atoms with Crippen molar-refractivity contribution in [3.8, 4) is 11.5 Å². The summed E-state index contributed by atoms with van der Waals surface area (Å²) in [5, 5.41) is 6.75. The van der Waals surface area contributed by atoms with E-state index in [1.165, 1.54) is 5.01 Å². The van der Waals surface area contributed by atoms with Gasteiger partial charge in [0.2, 0.25) is 12.7 Å². The zero-order valence-corrected chi connectivity index (χ0v) is 21.9. The third-order valence-corrected chi connectivity index (χ3v) is 6.39. The van der Waals surface area contributed by atoms with Gasteiger partial charge in [-0.25, -0.2) is 5.01 Å². The van der Waals surface area contributed by atoms with E-state index in [4.69, 9.17) is 30.9 Å². The smallest absolute Gasteiger partial charge is 0.262 e. The first-order valence-corrected chi connectivity index (χ1v) is 12.3. The first-order chi connectivity index (χ1) is 17.2. The van der Waals surface area contributed by atoms with Crippen molar-refractivity contribution in [1.82, 2.24) is 9.91 Å². The maximum atomic E-state index is 13.7. The molecule has 192 valence electrons. The molecule has 0 radical (unpaired) electrons. The third-order valence-electron chi connectivity index (χ3n) is 6.06. The van der Waals surface area contributed by atoms with E-state index in [0.29, 0.717) is 48.2 Å². The maximum absolute atomic E-state index is 13.7. The second-order valence-corrected chi connectivity index (χ2v) is 10.6. The van der Waals surface area contributed by atoms with Crippen molar-refractivity contribution < 1.29 is 23.8 Å². The van der Waals surface area contributed by atoms with Crippen molar-refractivity contribution in [2.75, 3.05) is 33.6 Å². The number of methoxy groups -OCH3 is 1. The summed E-state index contributed by atoms with van der Waals surface area (Å²) in [6.45, 7) is 6.71. The number of amides is 2. The van der Waals surface area contributed by atoms with Gasteiger partial charge >= 0.3 is 0 Å². The second kappa shape index (κ2) is 10.9.